The Morgan fingerprint density at radius 2 is 2.05 bits per heavy atom. The smallest absolute Gasteiger partial charge is 0.360 e. The number of rotatable bonds is 3. The highest BCUT2D eigenvalue weighted by Crippen LogP contribution is 2.31. The third kappa shape index (κ3) is 2.54. The zero-order chi connectivity index (χ0) is 15.5. The number of esters is 1. The van der Waals surface area contributed by atoms with Crippen molar-refractivity contribution >= 4 is 16.7 Å². The lowest BCUT2D eigenvalue weighted by Gasteiger charge is -2.08. The Balaban J connectivity index is 1.99. The van der Waals surface area contributed by atoms with E-state index in [1.165, 1.54) is 13.3 Å². The zero-order valence-electron chi connectivity index (χ0n) is 11.7. The summed E-state index contributed by atoms with van der Waals surface area (Å²) in [4.78, 5) is 19.5. The van der Waals surface area contributed by atoms with E-state index in [4.69, 9.17) is 4.74 Å². The fourth-order valence-electron chi connectivity index (χ4n) is 2.02. The Hall–Kier alpha value is -3.15. The second-order valence-corrected chi connectivity index (χ2v) is 4.47. The van der Waals surface area contributed by atoms with Crippen LogP contribution in [0.15, 0.2) is 48.8 Å². The number of carbonyl (C=O) groups is 1. The van der Waals surface area contributed by atoms with Gasteiger partial charge in [-0.1, -0.05) is 6.07 Å². The minimum Gasteiger partial charge on any atom is -0.505 e. The van der Waals surface area contributed by atoms with Crippen LogP contribution in [0.1, 0.15) is 10.5 Å². The number of aromatic hydroxyl groups is 1. The van der Waals surface area contributed by atoms with Crippen LogP contribution in [-0.4, -0.2) is 28.2 Å². The minimum atomic E-state index is -0.687. The lowest BCUT2D eigenvalue weighted by atomic mass is 10.1. The maximum atomic E-state index is 11.5. The lowest BCUT2D eigenvalue weighted by Crippen LogP contribution is -2.04. The van der Waals surface area contributed by atoms with E-state index in [0.717, 1.165) is 0 Å². The molecule has 0 spiro atoms. The largest absolute Gasteiger partial charge is 0.505 e. The molecule has 1 N–H and O–H groups in total. The van der Waals surface area contributed by atoms with Gasteiger partial charge in [-0.05, 0) is 24.3 Å². The number of pyridine rings is 2. The molecule has 0 aliphatic rings. The van der Waals surface area contributed by atoms with Crippen molar-refractivity contribution in [2.24, 2.45) is 0 Å². The molecule has 0 fully saturated rings. The van der Waals surface area contributed by atoms with E-state index in [2.05, 4.69) is 14.7 Å². The Bertz CT molecular complexity index is 834. The molecule has 1 aromatic carbocycles. The van der Waals surface area contributed by atoms with Crippen LogP contribution in [0.4, 0.5) is 0 Å². The first-order valence-electron chi connectivity index (χ1n) is 6.48. The van der Waals surface area contributed by atoms with Gasteiger partial charge in [0.1, 0.15) is 5.75 Å². The van der Waals surface area contributed by atoms with Gasteiger partial charge in [0.25, 0.3) is 0 Å². The average Bonchev–Trinajstić information content (AvgIpc) is 2.55. The van der Waals surface area contributed by atoms with E-state index in [0.29, 0.717) is 22.4 Å². The predicted molar refractivity (Wildman–Crippen MR) is 79.1 cm³/mol. The molecule has 0 bridgehead atoms. The number of methoxy groups -OCH3 is 1. The van der Waals surface area contributed by atoms with Gasteiger partial charge in [-0.25, -0.2) is 14.8 Å². The molecular weight excluding hydrogens is 284 g/mol. The molecule has 0 saturated heterocycles. The molecule has 6 nitrogen and oxygen atoms in total. The number of hydrogen-bond donors (Lipinski definition) is 1. The molecule has 0 saturated carbocycles. The van der Waals surface area contributed by atoms with Gasteiger partial charge in [-0.2, -0.15) is 0 Å². The quantitative estimate of drug-likeness (QED) is 0.748. The second-order valence-electron chi connectivity index (χ2n) is 4.47. The Labute approximate surface area is 126 Å². The maximum absolute atomic E-state index is 11.5. The predicted octanol–water partition coefficient (Wildman–Crippen LogP) is 2.91. The summed E-state index contributed by atoms with van der Waals surface area (Å²) in [6.07, 6.45) is 3.11. The molecule has 3 aromatic rings. The van der Waals surface area contributed by atoms with Crippen molar-refractivity contribution in [3.05, 3.63) is 54.5 Å². The number of carbonyl (C=O) groups excluding carboxylic acids is 1. The van der Waals surface area contributed by atoms with Crippen LogP contribution in [0, 0.1) is 0 Å². The SMILES string of the molecule is COC(=O)c1ncc2cc(Oc3ccccn3)ccc2c1O. The fourth-order valence-corrected chi connectivity index (χ4v) is 2.02. The van der Waals surface area contributed by atoms with Gasteiger partial charge < -0.3 is 14.6 Å². The normalized spacial score (nSPS) is 10.4. The molecule has 2 aromatic heterocycles. The monoisotopic (exact) mass is 296 g/mol. The molecule has 0 atom stereocenters. The second kappa shape index (κ2) is 5.69. The Kier molecular flexibility index (Phi) is 3.57. The first-order chi connectivity index (χ1) is 10.7. The molecule has 22 heavy (non-hydrogen) atoms. The number of benzene rings is 1. The van der Waals surface area contributed by atoms with Crippen LogP contribution in [-0.2, 0) is 4.74 Å². The van der Waals surface area contributed by atoms with Crippen molar-refractivity contribution in [1.82, 2.24) is 9.97 Å². The van der Waals surface area contributed by atoms with Crippen LogP contribution in [0.2, 0.25) is 0 Å². The highest BCUT2D eigenvalue weighted by Gasteiger charge is 2.16. The number of hydrogen-bond acceptors (Lipinski definition) is 6. The molecular formula is C16H12N2O4. The molecule has 0 radical (unpaired) electrons. The Morgan fingerprint density at radius 3 is 2.77 bits per heavy atom. The molecule has 0 aliphatic heterocycles. The van der Waals surface area contributed by atoms with Gasteiger partial charge in [0, 0.05) is 29.2 Å². The number of fused-ring (bicyclic) bond motifs is 1. The first-order valence-corrected chi connectivity index (χ1v) is 6.48. The van der Waals surface area contributed by atoms with Gasteiger partial charge in [-0.3, -0.25) is 0 Å². The van der Waals surface area contributed by atoms with Crippen molar-refractivity contribution in [1.29, 1.82) is 0 Å². The third-order valence-electron chi connectivity index (χ3n) is 3.07. The molecule has 110 valence electrons. The summed E-state index contributed by atoms with van der Waals surface area (Å²) < 4.78 is 10.2. The Morgan fingerprint density at radius 1 is 1.18 bits per heavy atom. The molecule has 2 heterocycles. The summed E-state index contributed by atoms with van der Waals surface area (Å²) in [6, 6.07) is 10.4. The van der Waals surface area contributed by atoms with Gasteiger partial charge in [0.2, 0.25) is 5.88 Å². The van der Waals surface area contributed by atoms with Gasteiger partial charge in [0.15, 0.2) is 11.4 Å². The number of ether oxygens (including phenoxy) is 2. The van der Waals surface area contributed by atoms with E-state index >= 15 is 0 Å². The van der Waals surface area contributed by atoms with Gasteiger partial charge in [0.05, 0.1) is 7.11 Å². The van der Waals surface area contributed by atoms with Gasteiger partial charge >= 0.3 is 5.97 Å². The van der Waals surface area contributed by atoms with Crippen LogP contribution < -0.4 is 4.74 Å². The fraction of sp³-hybridized carbons (Fsp3) is 0.0625. The van der Waals surface area contributed by atoms with Gasteiger partial charge in [-0.15, -0.1) is 0 Å². The van der Waals surface area contributed by atoms with Crippen LogP contribution in [0.25, 0.3) is 10.8 Å². The summed E-state index contributed by atoms with van der Waals surface area (Å²) in [5.74, 6) is 0.116. The van der Waals surface area contributed by atoms with Crippen LogP contribution >= 0.6 is 0 Å². The molecule has 0 amide bonds. The molecule has 3 rings (SSSR count). The minimum absolute atomic E-state index is 0.117. The molecule has 0 aliphatic carbocycles. The summed E-state index contributed by atoms with van der Waals surface area (Å²) in [5.41, 5.74) is -0.117. The highest BCUT2D eigenvalue weighted by atomic mass is 16.5. The van der Waals surface area contributed by atoms with Crippen LogP contribution in [0.3, 0.4) is 0 Å². The number of aromatic nitrogens is 2. The van der Waals surface area contributed by atoms with E-state index in [1.54, 1.807) is 36.5 Å². The summed E-state index contributed by atoms with van der Waals surface area (Å²) >= 11 is 0. The zero-order valence-corrected chi connectivity index (χ0v) is 11.7. The first kappa shape index (κ1) is 13.8. The maximum Gasteiger partial charge on any atom is 0.360 e. The summed E-state index contributed by atoms with van der Waals surface area (Å²) in [5, 5.41) is 11.2. The van der Waals surface area contributed by atoms with E-state index in [-0.39, 0.29) is 11.4 Å². The van der Waals surface area contributed by atoms with Crippen molar-refractivity contribution in [3.63, 3.8) is 0 Å². The average molecular weight is 296 g/mol. The highest BCUT2D eigenvalue weighted by molar-refractivity contribution is 5.99. The number of nitrogens with zero attached hydrogens (tertiary/aromatic N) is 2. The van der Waals surface area contributed by atoms with Crippen molar-refractivity contribution < 1.29 is 19.4 Å². The molecule has 6 heteroatoms. The third-order valence-corrected chi connectivity index (χ3v) is 3.07. The van der Waals surface area contributed by atoms with E-state index in [9.17, 15) is 9.90 Å². The van der Waals surface area contributed by atoms with Crippen LogP contribution in [0.5, 0.6) is 17.4 Å². The lowest BCUT2D eigenvalue weighted by molar-refractivity contribution is 0.0591. The van der Waals surface area contributed by atoms with Crippen molar-refractivity contribution in [3.8, 4) is 17.4 Å². The topological polar surface area (TPSA) is 81.5 Å². The van der Waals surface area contributed by atoms with E-state index < -0.39 is 5.97 Å². The van der Waals surface area contributed by atoms with Crippen molar-refractivity contribution in [2.45, 2.75) is 0 Å². The van der Waals surface area contributed by atoms with E-state index in [1.807, 2.05) is 6.07 Å². The summed E-state index contributed by atoms with van der Waals surface area (Å²) in [7, 11) is 1.23. The van der Waals surface area contributed by atoms with Crippen molar-refractivity contribution in [2.75, 3.05) is 7.11 Å². The molecule has 0 unspecified atom stereocenters. The standard InChI is InChI=1S/C16H12N2O4/c1-21-16(20)14-15(19)12-6-5-11(8-10(12)9-18-14)22-13-4-2-3-7-17-13/h2-9,19H,1H3. The summed E-state index contributed by atoms with van der Waals surface area (Å²) in [6.45, 7) is 0.